The molecule has 1 heterocycles. The average molecular weight is 440 g/mol. The van der Waals surface area contributed by atoms with Crippen molar-refractivity contribution in [1.29, 1.82) is 0 Å². The molecule has 0 aliphatic carbocycles. The lowest BCUT2D eigenvalue weighted by Crippen LogP contribution is -2.03. The number of esters is 2. The van der Waals surface area contributed by atoms with Crippen LogP contribution in [0.3, 0.4) is 0 Å². The number of methoxy groups -OCH3 is 1. The molecule has 0 saturated heterocycles. The Morgan fingerprint density at radius 2 is 1.67 bits per heavy atom. The molecule has 3 aromatic rings. The number of carbonyl (C=O) groups is 2. The van der Waals surface area contributed by atoms with Crippen LogP contribution in [0, 0.1) is 0 Å². The van der Waals surface area contributed by atoms with Crippen LogP contribution in [0.25, 0.3) is 11.8 Å². The minimum Gasteiger partial charge on any atom is -0.497 e. The van der Waals surface area contributed by atoms with Crippen LogP contribution in [-0.4, -0.2) is 19.0 Å². The molecule has 1 aliphatic heterocycles. The summed E-state index contributed by atoms with van der Waals surface area (Å²) in [5.74, 6) is 0.435. The summed E-state index contributed by atoms with van der Waals surface area (Å²) < 4.78 is 15.9. The van der Waals surface area contributed by atoms with Gasteiger partial charge in [0, 0.05) is 18.1 Å². The van der Waals surface area contributed by atoms with E-state index in [9.17, 15) is 9.59 Å². The Balaban J connectivity index is 1.67. The topological polar surface area (TPSA) is 86.6 Å². The van der Waals surface area contributed by atoms with Crippen molar-refractivity contribution in [1.82, 2.24) is 0 Å². The van der Waals surface area contributed by atoms with E-state index in [1.807, 2.05) is 30.3 Å². The molecular formula is C26H20N2O5. The molecule has 33 heavy (non-hydrogen) atoms. The molecule has 0 amide bonds. The number of nitrogens with zero attached hydrogens (tertiary/aromatic N) is 2. The van der Waals surface area contributed by atoms with Gasteiger partial charge in [-0.25, -0.2) is 4.79 Å². The van der Waals surface area contributed by atoms with Crippen LogP contribution in [0.4, 0.5) is 11.4 Å². The molecule has 0 bridgehead atoms. The highest BCUT2D eigenvalue weighted by molar-refractivity contribution is 6.05. The zero-order valence-electron chi connectivity index (χ0n) is 18.0. The van der Waals surface area contributed by atoms with Gasteiger partial charge in [0.25, 0.3) is 0 Å². The second-order valence-electron chi connectivity index (χ2n) is 7.08. The molecule has 0 saturated carbocycles. The van der Waals surface area contributed by atoms with Gasteiger partial charge in [-0.15, -0.1) is 0 Å². The summed E-state index contributed by atoms with van der Waals surface area (Å²) in [6.45, 7) is 1.31. The van der Waals surface area contributed by atoms with Gasteiger partial charge >= 0.3 is 11.9 Å². The van der Waals surface area contributed by atoms with Crippen molar-refractivity contribution in [2.24, 2.45) is 10.2 Å². The summed E-state index contributed by atoms with van der Waals surface area (Å²) >= 11 is 0. The highest BCUT2D eigenvalue weighted by atomic mass is 16.5. The van der Waals surface area contributed by atoms with E-state index in [-0.39, 0.29) is 0 Å². The van der Waals surface area contributed by atoms with Crippen LogP contribution in [0.15, 0.2) is 94.7 Å². The normalized spacial score (nSPS) is 14.3. The van der Waals surface area contributed by atoms with Crippen molar-refractivity contribution in [3.8, 4) is 11.5 Å². The fourth-order valence-corrected chi connectivity index (χ4v) is 3.12. The molecule has 3 aromatic carbocycles. The Morgan fingerprint density at radius 1 is 0.939 bits per heavy atom. The molecule has 0 unspecified atom stereocenters. The molecule has 4 rings (SSSR count). The third-order valence-electron chi connectivity index (χ3n) is 4.69. The van der Waals surface area contributed by atoms with Crippen LogP contribution in [0.2, 0.25) is 0 Å². The fourth-order valence-electron chi connectivity index (χ4n) is 3.12. The Labute approximate surface area is 190 Å². The zero-order valence-corrected chi connectivity index (χ0v) is 18.0. The molecule has 7 heteroatoms. The molecule has 1 aliphatic rings. The highest BCUT2D eigenvalue weighted by Crippen LogP contribution is 2.32. The van der Waals surface area contributed by atoms with E-state index in [4.69, 9.17) is 14.2 Å². The van der Waals surface area contributed by atoms with E-state index < -0.39 is 11.9 Å². The van der Waals surface area contributed by atoms with Gasteiger partial charge in [-0.3, -0.25) is 4.79 Å². The van der Waals surface area contributed by atoms with E-state index in [2.05, 4.69) is 10.2 Å². The largest absolute Gasteiger partial charge is 0.497 e. The van der Waals surface area contributed by atoms with Gasteiger partial charge < -0.3 is 14.2 Å². The summed E-state index contributed by atoms with van der Waals surface area (Å²) in [7, 11) is 1.58. The third kappa shape index (κ3) is 5.40. The van der Waals surface area contributed by atoms with Crippen LogP contribution < -0.4 is 9.47 Å². The summed E-state index contributed by atoms with van der Waals surface area (Å²) in [6, 6.07) is 21.4. The number of carbonyl (C=O) groups excluding carboxylic acids is 2. The highest BCUT2D eigenvalue weighted by Gasteiger charge is 2.23. The molecule has 0 atom stereocenters. The predicted molar refractivity (Wildman–Crippen MR) is 123 cm³/mol. The molecule has 0 aromatic heterocycles. The van der Waals surface area contributed by atoms with Gasteiger partial charge in [0.2, 0.25) is 0 Å². The SMILES string of the molecule is COc1ccc(C2=C/C(=C\c3cc(N=Nc4ccccc4)ccc3OC(C)=O)C(=O)O2)cc1. The maximum absolute atomic E-state index is 12.5. The van der Waals surface area contributed by atoms with Gasteiger partial charge in [-0.2, -0.15) is 10.2 Å². The molecule has 7 nitrogen and oxygen atoms in total. The van der Waals surface area contributed by atoms with E-state index in [1.165, 1.54) is 6.92 Å². The quantitative estimate of drug-likeness (QED) is 0.203. The van der Waals surface area contributed by atoms with Crippen molar-refractivity contribution < 1.29 is 23.8 Å². The van der Waals surface area contributed by atoms with E-state index in [0.717, 1.165) is 5.56 Å². The van der Waals surface area contributed by atoms with Crippen LogP contribution >= 0.6 is 0 Å². The summed E-state index contributed by atoms with van der Waals surface area (Å²) in [6.07, 6.45) is 3.23. The predicted octanol–water partition coefficient (Wildman–Crippen LogP) is 6.02. The number of benzene rings is 3. The first-order chi connectivity index (χ1) is 16.0. The van der Waals surface area contributed by atoms with Crippen LogP contribution in [0.1, 0.15) is 18.1 Å². The smallest absolute Gasteiger partial charge is 0.343 e. The summed E-state index contributed by atoms with van der Waals surface area (Å²) in [5, 5.41) is 8.45. The van der Waals surface area contributed by atoms with Gasteiger partial charge in [0.1, 0.15) is 17.3 Å². The molecule has 164 valence electrons. The maximum atomic E-state index is 12.5. The summed E-state index contributed by atoms with van der Waals surface area (Å²) in [5.41, 5.74) is 2.78. The standard InChI is InChI=1S/C26H20N2O5/c1-17(29)32-24-13-10-22(28-27-21-6-4-3-5-7-21)15-19(24)14-20-16-25(33-26(20)30)18-8-11-23(31-2)12-9-18/h3-16H,1-2H3/b20-14+,28-27?. The number of azo groups is 1. The van der Waals surface area contributed by atoms with Crippen molar-refractivity contribution in [2.75, 3.05) is 7.11 Å². The third-order valence-corrected chi connectivity index (χ3v) is 4.69. The van der Waals surface area contributed by atoms with Gasteiger partial charge in [-0.05, 0) is 66.7 Å². The van der Waals surface area contributed by atoms with Crippen molar-refractivity contribution in [3.05, 3.63) is 95.6 Å². The zero-order chi connectivity index (χ0) is 23.2. The number of hydrogen-bond acceptors (Lipinski definition) is 7. The van der Waals surface area contributed by atoms with E-state index in [0.29, 0.717) is 39.8 Å². The Kier molecular flexibility index (Phi) is 6.40. The van der Waals surface area contributed by atoms with E-state index >= 15 is 0 Å². The lowest BCUT2D eigenvalue weighted by molar-refractivity contribution is -0.132. The fraction of sp³-hybridized carbons (Fsp3) is 0.0769. The molecular weight excluding hydrogens is 420 g/mol. The Morgan fingerprint density at radius 3 is 2.36 bits per heavy atom. The van der Waals surface area contributed by atoms with Crippen LogP contribution in [0.5, 0.6) is 11.5 Å². The number of ether oxygens (including phenoxy) is 3. The maximum Gasteiger partial charge on any atom is 0.343 e. The van der Waals surface area contributed by atoms with Crippen molar-refractivity contribution >= 4 is 35.1 Å². The van der Waals surface area contributed by atoms with Gasteiger partial charge in [0.05, 0.1) is 24.1 Å². The number of rotatable bonds is 6. The second-order valence-corrected chi connectivity index (χ2v) is 7.08. The molecule has 0 N–H and O–H groups in total. The Hall–Kier alpha value is -4.52. The monoisotopic (exact) mass is 440 g/mol. The van der Waals surface area contributed by atoms with Gasteiger partial charge in [-0.1, -0.05) is 18.2 Å². The lowest BCUT2D eigenvalue weighted by atomic mass is 10.1. The van der Waals surface area contributed by atoms with Gasteiger partial charge in [0.15, 0.2) is 0 Å². The lowest BCUT2D eigenvalue weighted by Gasteiger charge is -2.07. The first-order valence-electron chi connectivity index (χ1n) is 10.1. The summed E-state index contributed by atoms with van der Waals surface area (Å²) in [4.78, 5) is 24.1. The minimum atomic E-state index is -0.508. The second kappa shape index (κ2) is 9.74. The number of hydrogen-bond donors (Lipinski definition) is 0. The van der Waals surface area contributed by atoms with Crippen molar-refractivity contribution in [2.45, 2.75) is 6.92 Å². The first-order valence-corrected chi connectivity index (χ1v) is 10.1. The average Bonchev–Trinajstić information content (AvgIpc) is 3.19. The minimum absolute atomic E-state index is 0.299. The molecule has 0 fully saturated rings. The van der Waals surface area contributed by atoms with Crippen molar-refractivity contribution in [3.63, 3.8) is 0 Å². The van der Waals surface area contributed by atoms with E-state index in [1.54, 1.807) is 61.7 Å². The first kappa shape index (κ1) is 21.7. The van der Waals surface area contributed by atoms with Crippen LogP contribution in [-0.2, 0) is 14.3 Å². The number of cyclic esters (lactones) is 1. The Bertz CT molecular complexity index is 1280. The molecule has 0 spiro atoms. The molecule has 0 radical (unpaired) electrons.